The molecule has 0 unspecified atom stereocenters. The van der Waals surface area contributed by atoms with Crippen molar-refractivity contribution >= 4 is 60.5 Å². The van der Waals surface area contributed by atoms with Gasteiger partial charge in [0.05, 0.1) is 17.5 Å². The Hall–Kier alpha value is -3.81. The van der Waals surface area contributed by atoms with Gasteiger partial charge in [-0.05, 0) is 41.8 Å². The van der Waals surface area contributed by atoms with E-state index >= 15 is 4.39 Å². The van der Waals surface area contributed by atoms with Crippen LogP contribution in [0.1, 0.15) is 6.92 Å². The molecule has 0 radical (unpaired) electrons. The van der Waals surface area contributed by atoms with Crippen molar-refractivity contribution in [1.82, 2.24) is 14.3 Å². The van der Waals surface area contributed by atoms with Crippen molar-refractivity contribution in [1.29, 1.82) is 0 Å². The highest BCUT2D eigenvalue weighted by atomic mass is 32.2. The highest BCUT2D eigenvalue weighted by Gasteiger charge is 2.25. The topological polar surface area (TPSA) is 117 Å². The summed E-state index contributed by atoms with van der Waals surface area (Å²) in [7, 11) is -3.26. The van der Waals surface area contributed by atoms with Crippen LogP contribution in [0.15, 0.2) is 53.9 Å². The van der Waals surface area contributed by atoms with E-state index in [-0.39, 0.29) is 11.9 Å². The molecule has 198 valence electrons. The van der Waals surface area contributed by atoms with Gasteiger partial charge in [0.15, 0.2) is 0 Å². The molecule has 5 rings (SSSR count). The highest BCUT2D eigenvalue weighted by molar-refractivity contribution is 7.88. The van der Waals surface area contributed by atoms with Crippen LogP contribution in [-0.2, 0) is 14.8 Å². The van der Waals surface area contributed by atoms with Gasteiger partial charge in [0.2, 0.25) is 27.8 Å². The minimum Gasteiger partial charge on any atom is -0.437 e. The van der Waals surface area contributed by atoms with Crippen LogP contribution in [-0.4, -0.2) is 61.0 Å². The maximum atomic E-state index is 15.1. The number of fused-ring (bicyclic) bond motifs is 1. The zero-order chi connectivity index (χ0) is 26.9. The third-order valence-corrected chi connectivity index (χ3v) is 8.09. The molecule has 1 aliphatic rings. The molecule has 0 aliphatic carbocycles. The largest absolute Gasteiger partial charge is 0.437 e. The first-order valence-corrected chi connectivity index (χ1v) is 14.5. The molecular formula is C25H25FN6O4S2. The third-order valence-electron chi connectivity index (χ3n) is 5.89. The summed E-state index contributed by atoms with van der Waals surface area (Å²) in [6.45, 7) is 2.85. The predicted octanol–water partition coefficient (Wildman–Crippen LogP) is 4.41. The summed E-state index contributed by atoms with van der Waals surface area (Å²) < 4.78 is 46.7. The van der Waals surface area contributed by atoms with Crippen molar-refractivity contribution in [2.24, 2.45) is 0 Å². The van der Waals surface area contributed by atoms with Gasteiger partial charge in [0.25, 0.3) is 0 Å². The Labute approximate surface area is 223 Å². The van der Waals surface area contributed by atoms with Crippen LogP contribution in [0.4, 0.5) is 27.4 Å². The smallest absolute Gasteiger partial charge is 0.242 e. The van der Waals surface area contributed by atoms with E-state index in [0.29, 0.717) is 60.4 Å². The van der Waals surface area contributed by atoms with Crippen LogP contribution >= 0.6 is 11.3 Å². The quantitative estimate of drug-likeness (QED) is 0.344. The van der Waals surface area contributed by atoms with Gasteiger partial charge >= 0.3 is 0 Å². The van der Waals surface area contributed by atoms with Crippen LogP contribution in [0.3, 0.4) is 0 Å². The molecule has 1 fully saturated rings. The van der Waals surface area contributed by atoms with Gasteiger partial charge in [-0.2, -0.15) is 9.29 Å². The van der Waals surface area contributed by atoms with E-state index in [2.05, 4.69) is 20.6 Å². The second-order valence-electron chi connectivity index (χ2n) is 8.74. The van der Waals surface area contributed by atoms with E-state index in [4.69, 9.17) is 4.74 Å². The van der Waals surface area contributed by atoms with Crippen LogP contribution in [0.5, 0.6) is 11.6 Å². The summed E-state index contributed by atoms with van der Waals surface area (Å²) in [5.74, 6) is 0.421. The number of carbonyl (C=O) groups excluding carboxylic acids is 1. The molecule has 2 aromatic heterocycles. The Bertz CT molecular complexity index is 1600. The number of rotatable bonds is 7. The summed E-state index contributed by atoms with van der Waals surface area (Å²) in [6.07, 6.45) is 1.18. The van der Waals surface area contributed by atoms with Crippen molar-refractivity contribution in [3.05, 3.63) is 59.7 Å². The molecular weight excluding hydrogens is 531 g/mol. The van der Waals surface area contributed by atoms with Crippen molar-refractivity contribution in [3.8, 4) is 11.6 Å². The van der Waals surface area contributed by atoms with Gasteiger partial charge in [0.1, 0.15) is 16.3 Å². The summed E-state index contributed by atoms with van der Waals surface area (Å²) in [5.41, 5.74) is 2.12. The predicted molar refractivity (Wildman–Crippen MR) is 147 cm³/mol. The molecule has 2 N–H and O–H groups in total. The minimum atomic E-state index is -3.26. The van der Waals surface area contributed by atoms with E-state index in [1.165, 1.54) is 34.9 Å². The average Bonchev–Trinajstić information content (AvgIpc) is 3.33. The molecule has 10 nitrogen and oxygen atoms in total. The number of hydrogen-bond acceptors (Lipinski definition) is 9. The van der Waals surface area contributed by atoms with Gasteiger partial charge in [-0.25, -0.2) is 17.8 Å². The molecule has 2 aromatic carbocycles. The van der Waals surface area contributed by atoms with Gasteiger partial charge in [0, 0.05) is 50.5 Å². The van der Waals surface area contributed by atoms with Crippen LogP contribution in [0, 0.1) is 5.82 Å². The number of anilines is 4. The zero-order valence-corrected chi connectivity index (χ0v) is 22.3. The van der Waals surface area contributed by atoms with Crippen molar-refractivity contribution in [2.75, 3.05) is 48.0 Å². The van der Waals surface area contributed by atoms with Crippen molar-refractivity contribution in [2.45, 2.75) is 6.92 Å². The second-order valence-corrected chi connectivity index (χ2v) is 11.6. The molecule has 13 heteroatoms. The monoisotopic (exact) mass is 556 g/mol. The van der Waals surface area contributed by atoms with Gasteiger partial charge in [-0.3, -0.25) is 4.79 Å². The standard InChI is InChI=1S/C25H25FN6O4S2/c1-16(33)27-17-4-3-5-19(14-17)36-24-23-21(8-13-37-23)29-25(30-24)28-18-6-7-22(20(26)15-18)31-9-11-32(12-10-31)38(2,34)35/h3-8,13-15H,9-12H2,1-2H3,(H,27,33)(H,28,29,30). The fraction of sp³-hybridized carbons (Fsp3) is 0.240. The molecule has 1 saturated heterocycles. The number of hydrogen-bond donors (Lipinski definition) is 2. The molecule has 1 amide bonds. The number of halogens is 1. The van der Waals surface area contributed by atoms with E-state index in [9.17, 15) is 13.2 Å². The van der Waals surface area contributed by atoms with Crippen molar-refractivity contribution in [3.63, 3.8) is 0 Å². The second kappa shape index (κ2) is 10.5. The highest BCUT2D eigenvalue weighted by Crippen LogP contribution is 2.34. The molecule has 4 aromatic rings. The molecule has 3 heterocycles. The first-order chi connectivity index (χ1) is 18.2. The van der Waals surface area contributed by atoms with E-state index < -0.39 is 15.8 Å². The van der Waals surface area contributed by atoms with E-state index in [0.717, 1.165) is 4.70 Å². The first kappa shape index (κ1) is 25.8. The van der Waals surface area contributed by atoms with Crippen LogP contribution in [0.2, 0.25) is 0 Å². The molecule has 0 saturated carbocycles. The number of aromatic nitrogens is 2. The fourth-order valence-electron chi connectivity index (χ4n) is 4.14. The fourth-order valence-corrected chi connectivity index (χ4v) is 5.73. The minimum absolute atomic E-state index is 0.189. The number of benzene rings is 2. The maximum Gasteiger partial charge on any atom is 0.242 e. The Morgan fingerprint density at radius 2 is 1.84 bits per heavy atom. The number of amides is 1. The lowest BCUT2D eigenvalue weighted by Gasteiger charge is -2.34. The lowest BCUT2D eigenvalue weighted by molar-refractivity contribution is -0.114. The van der Waals surface area contributed by atoms with E-state index in [1.54, 1.807) is 36.4 Å². The number of thiophene rings is 1. The Morgan fingerprint density at radius 1 is 1.05 bits per heavy atom. The molecule has 0 spiro atoms. The average molecular weight is 557 g/mol. The molecule has 1 aliphatic heterocycles. The summed E-state index contributed by atoms with van der Waals surface area (Å²) in [4.78, 5) is 22.3. The number of carbonyl (C=O) groups is 1. The molecule has 38 heavy (non-hydrogen) atoms. The Kier molecular flexibility index (Phi) is 7.15. The number of ether oxygens (including phenoxy) is 1. The Balaban J connectivity index is 1.34. The zero-order valence-electron chi connectivity index (χ0n) is 20.6. The number of piperazine rings is 1. The number of sulfonamides is 1. The van der Waals surface area contributed by atoms with Crippen LogP contribution < -0.4 is 20.3 Å². The number of nitrogens with one attached hydrogen (secondary N) is 2. The van der Waals surface area contributed by atoms with Crippen LogP contribution in [0.25, 0.3) is 10.2 Å². The maximum absolute atomic E-state index is 15.1. The van der Waals surface area contributed by atoms with Crippen molar-refractivity contribution < 1.29 is 22.3 Å². The first-order valence-electron chi connectivity index (χ1n) is 11.7. The Morgan fingerprint density at radius 3 is 2.55 bits per heavy atom. The molecule has 0 bridgehead atoms. The van der Waals surface area contributed by atoms with Gasteiger partial charge in [-0.15, -0.1) is 11.3 Å². The summed E-state index contributed by atoms with van der Waals surface area (Å²) in [6, 6.07) is 13.5. The van der Waals surface area contributed by atoms with E-state index in [1.807, 2.05) is 16.3 Å². The number of nitrogens with zero attached hydrogens (tertiary/aromatic N) is 4. The van der Waals surface area contributed by atoms with Gasteiger partial charge < -0.3 is 20.3 Å². The third kappa shape index (κ3) is 5.85. The lowest BCUT2D eigenvalue weighted by Crippen LogP contribution is -2.48. The lowest BCUT2D eigenvalue weighted by atomic mass is 10.2. The van der Waals surface area contributed by atoms with Gasteiger partial charge in [-0.1, -0.05) is 6.07 Å². The summed E-state index contributed by atoms with van der Waals surface area (Å²) >= 11 is 1.43. The molecule has 0 atom stereocenters. The SMILES string of the molecule is CC(=O)Nc1cccc(Oc2nc(Nc3ccc(N4CCN(S(C)(=O)=O)CC4)c(F)c3)nc3ccsc23)c1. The summed E-state index contributed by atoms with van der Waals surface area (Å²) in [5, 5.41) is 7.64. The normalized spacial score (nSPS) is 14.4.